The number of nitrogens with one attached hydrogen (secondary N) is 2. The highest BCUT2D eigenvalue weighted by Gasteiger charge is 2.01. The van der Waals surface area contributed by atoms with E-state index in [2.05, 4.69) is 9.97 Å². The van der Waals surface area contributed by atoms with E-state index in [-0.39, 0.29) is 11.0 Å². The number of rotatable bonds is 1. The Morgan fingerprint density at radius 3 is 2.64 bits per heavy atom. The van der Waals surface area contributed by atoms with Crippen molar-refractivity contribution in [3.05, 3.63) is 57.4 Å². The molecule has 0 fully saturated rings. The van der Waals surface area contributed by atoms with Crippen LogP contribution in [0.5, 0.6) is 0 Å². The summed E-state index contributed by atoms with van der Waals surface area (Å²) >= 11 is 0. The summed E-state index contributed by atoms with van der Waals surface area (Å²) in [5.74, 6) is 0. The van der Waals surface area contributed by atoms with E-state index >= 15 is 0 Å². The lowest BCUT2D eigenvalue weighted by molar-refractivity contribution is 1.23. The minimum Gasteiger partial charge on any atom is -0.367 e. The molecule has 70 valence electrons. The van der Waals surface area contributed by atoms with Gasteiger partial charge in [-0.1, -0.05) is 0 Å². The molecule has 0 spiro atoms. The van der Waals surface area contributed by atoms with E-state index in [4.69, 9.17) is 0 Å². The predicted octanol–water partition coefficient (Wildman–Crippen LogP) is 0.730. The maximum Gasteiger partial charge on any atom is 0.248 e. The molecule has 2 aromatic rings. The van der Waals surface area contributed by atoms with Crippen LogP contribution in [0.4, 0.5) is 0 Å². The molecule has 0 atom stereocenters. The fourth-order valence-electron chi connectivity index (χ4n) is 1.25. The van der Waals surface area contributed by atoms with Gasteiger partial charge < -0.3 is 9.97 Å². The Morgan fingerprint density at radius 1 is 1.07 bits per heavy atom. The van der Waals surface area contributed by atoms with Gasteiger partial charge >= 0.3 is 0 Å². The Morgan fingerprint density at radius 2 is 1.93 bits per heavy atom. The van der Waals surface area contributed by atoms with Gasteiger partial charge in [-0.25, -0.2) is 0 Å². The first-order valence-corrected chi connectivity index (χ1v) is 4.13. The van der Waals surface area contributed by atoms with E-state index in [0.717, 1.165) is 0 Å². The third kappa shape index (κ3) is 1.50. The van der Waals surface area contributed by atoms with Crippen molar-refractivity contribution >= 4 is 0 Å². The van der Waals surface area contributed by atoms with Gasteiger partial charge in [-0.2, -0.15) is 0 Å². The van der Waals surface area contributed by atoms with Crippen LogP contribution >= 0.6 is 0 Å². The van der Waals surface area contributed by atoms with Crippen molar-refractivity contribution in [2.24, 2.45) is 0 Å². The summed E-state index contributed by atoms with van der Waals surface area (Å²) in [7, 11) is 0. The first-order chi connectivity index (χ1) is 6.77. The summed E-state index contributed by atoms with van der Waals surface area (Å²) in [6, 6.07) is 4.51. The topological polar surface area (TPSA) is 65.7 Å². The minimum atomic E-state index is -0.217. The van der Waals surface area contributed by atoms with Gasteiger partial charge in [0.25, 0.3) is 0 Å². The first-order valence-electron chi connectivity index (χ1n) is 4.13. The molecule has 0 aliphatic rings. The van der Waals surface area contributed by atoms with Crippen molar-refractivity contribution in [3.63, 3.8) is 0 Å². The molecule has 0 aliphatic heterocycles. The molecule has 4 heteroatoms. The molecule has 0 aliphatic carbocycles. The SMILES string of the molecule is O=c1cc(-c2c[nH]ccc2=O)cc[nH]1. The van der Waals surface area contributed by atoms with E-state index in [9.17, 15) is 9.59 Å². The second-order valence-corrected chi connectivity index (χ2v) is 2.86. The lowest BCUT2D eigenvalue weighted by Gasteiger charge is -1.97. The van der Waals surface area contributed by atoms with Crippen molar-refractivity contribution in [1.29, 1.82) is 0 Å². The fraction of sp³-hybridized carbons (Fsp3) is 0. The van der Waals surface area contributed by atoms with Gasteiger partial charge in [0.05, 0.1) is 0 Å². The third-order valence-electron chi connectivity index (χ3n) is 1.91. The zero-order valence-corrected chi connectivity index (χ0v) is 7.28. The first kappa shape index (κ1) is 8.50. The second-order valence-electron chi connectivity index (χ2n) is 2.86. The van der Waals surface area contributed by atoms with Gasteiger partial charge in [0.15, 0.2) is 5.43 Å². The normalized spacial score (nSPS) is 10.0. The van der Waals surface area contributed by atoms with E-state index in [1.54, 1.807) is 18.5 Å². The summed E-state index contributed by atoms with van der Waals surface area (Å²) in [5.41, 5.74) is 0.800. The zero-order valence-electron chi connectivity index (χ0n) is 7.28. The number of hydrogen-bond acceptors (Lipinski definition) is 2. The van der Waals surface area contributed by atoms with Gasteiger partial charge in [0, 0.05) is 36.3 Å². The van der Waals surface area contributed by atoms with Gasteiger partial charge in [-0.3, -0.25) is 9.59 Å². The Kier molecular flexibility index (Phi) is 2.02. The van der Waals surface area contributed by atoms with Crippen LogP contribution in [-0.4, -0.2) is 9.97 Å². The summed E-state index contributed by atoms with van der Waals surface area (Å²) in [5, 5.41) is 0. The van der Waals surface area contributed by atoms with Crippen LogP contribution < -0.4 is 11.0 Å². The van der Waals surface area contributed by atoms with Gasteiger partial charge in [-0.05, 0) is 11.6 Å². The van der Waals surface area contributed by atoms with E-state index in [1.165, 1.54) is 18.3 Å². The molecule has 0 amide bonds. The minimum absolute atomic E-state index is 0.102. The molecule has 2 aromatic heterocycles. The molecule has 2 rings (SSSR count). The lowest BCUT2D eigenvalue weighted by atomic mass is 10.1. The molecular formula is C10H8N2O2. The number of pyridine rings is 2. The van der Waals surface area contributed by atoms with E-state index in [1.807, 2.05) is 0 Å². The zero-order chi connectivity index (χ0) is 9.97. The molecule has 0 bridgehead atoms. The Hall–Kier alpha value is -2.10. The van der Waals surface area contributed by atoms with E-state index < -0.39 is 0 Å². The average Bonchev–Trinajstić information content (AvgIpc) is 2.18. The van der Waals surface area contributed by atoms with Crippen LogP contribution in [0.3, 0.4) is 0 Å². The molecule has 0 aromatic carbocycles. The molecule has 0 saturated heterocycles. The highest BCUT2D eigenvalue weighted by molar-refractivity contribution is 5.60. The highest BCUT2D eigenvalue weighted by atomic mass is 16.1. The Labute approximate surface area is 79.3 Å². The summed E-state index contributed by atoms with van der Waals surface area (Å²) in [6.45, 7) is 0. The summed E-state index contributed by atoms with van der Waals surface area (Å²) in [4.78, 5) is 27.7. The van der Waals surface area contributed by atoms with Crippen molar-refractivity contribution < 1.29 is 0 Å². The fourth-order valence-corrected chi connectivity index (χ4v) is 1.25. The highest BCUT2D eigenvalue weighted by Crippen LogP contribution is 2.09. The molecule has 0 radical (unpaired) electrons. The Balaban J connectivity index is 2.67. The van der Waals surface area contributed by atoms with Crippen molar-refractivity contribution in [1.82, 2.24) is 9.97 Å². The van der Waals surface area contributed by atoms with Crippen LogP contribution in [0.25, 0.3) is 11.1 Å². The molecule has 14 heavy (non-hydrogen) atoms. The van der Waals surface area contributed by atoms with Crippen LogP contribution in [0, 0.1) is 0 Å². The number of H-pyrrole nitrogens is 2. The number of hydrogen-bond donors (Lipinski definition) is 2. The average molecular weight is 188 g/mol. The lowest BCUT2D eigenvalue weighted by Crippen LogP contribution is -2.07. The molecule has 0 unspecified atom stereocenters. The van der Waals surface area contributed by atoms with Gasteiger partial charge in [0.1, 0.15) is 0 Å². The standard InChI is InChI=1S/C10H8N2O2/c13-9-2-3-11-6-8(9)7-1-4-12-10(14)5-7/h1-6H,(H,11,13)(H,12,14). The largest absolute Gasteiger partial charge is 0.367 e. The van der Waals surface area contributed by atoms with Crippen LogP contribution in [0.2, 0.25) is 0 Å². The Bertz CT molecular complexity index is 554. The number of aromatic amines is 2. The molecular weight excluding hydrogens is 180 g/mol. The van der Waals surface area contributed by atoms with Crippen LogP contribution in [0.15, 0.2) is 46.4 Å². The van der Waals surface area contributed by atoms with Gasteiger partial charge in [-0.15, -0.1) is 0 Å². The monoisotopic (exact) mass is 188 g/mol. The molecule has 2 N–H and O–H groups in total. The molecule has 0 saturated carbocycles. The molecule has 4 nitrogen and oxygen atoms in total. The second kappa shape index (κ2) is 3.33. The maximum absolute atomic E-state index is 11.4. The predicted molar refractivity (Wildman–Crippen MR) is 53.1 cm³/mol. The van der Waals surface area contributed by atoms with Crippen LogP contribution in [0.1, 0.15) is 0 Å². The third-order valence-corrected chi connectivity index (χ3v) is 1.91. The molecule has 2 heterocycles. The van der Waals surface area contributed by atoms with Crippen molar-refractivity contribution in [3.8, 4) is 11.1 Å². The quantitative estimate of drug-likeness (QED) is 0.692. The van der Waals surface area contributed by atoms with Crippen LogP contribution in [-0.2, 0) is 0 Å². The summed E-state index contributed by atoms with van der Waals surface area (Å²) < 4.78 is 0. The van der Waals surface area contributed by atoms with Gasteiger partial charge in [0.2, 0.25) is 5.56 Å². The van der Waals surface area contributed by atoms with Crippen molar-refractivity contribution in [2.75, 3.05) is 0 Å². The van der Waals surface area contributed by atoms with Crippen molar-refractivity contribution in [2.45, 2.75) is 0 Å². The smallest absolute Gasteiger partial charge is 0.248 e. The van der Waals surface area contributed by atoms with E-state index in [0.29, 0.717) is 11.1 Å². The maximum atomic E-state index is 11.4. The summed E-state index contributed by atoms with van der Waals surface area (Å²) in [6.07, 6.45) is 4.65. The number of aromatic nitrogens is 2.